The number of rotatable bonds is 10. The number of hydrogen-bond donors (Lipinski definition) is 2. The van der Waals surface area contributed by atoms with Crippen molar-refractivity contribution in [3.8, 4) is 11.5 Å². The molecule has 0 saturated heterocycles. The molecule has 0 bridgehead atoms. The number of fused-ring (bicyclic) bond motifs is 5. The molecule has 4 aliphatic rings. The first-order valence-electron chi connectivity index (χ1n) is 16.6. The van der Waals surface area contributed by atoms with Gasteiger partial charge >= 0.3 is 5.97 Å². The van der Waals surface area contributed by atoms with Crippen LogP contribution < -0.4 is 4.74 Å². The fourth-order valence-corrected chi connectivity index (χ4v) is 10.0. The number of carbonyl (C=O) groups is 1. The van der Waals surface area contributed by atoms with Crippen LogP contribution in [0.5, 0.6) is 11.5 Å². The summed E-state index contributed by atoms with van der Waals surface area (Å²) in [7, 11) is 1.48. The number of methoxy groups -OCH3 is 1. The first-order valence-corrected chi connectivity index (χ1v) is 16.6. The second-order valence-electron chi connectivity index (χ2n) is 15.0. The standard InChI is InChI=1S/C37H54O5/c1-23(2)8-7-9-24(3)29-13-14-30-28-12-11-26-22-27(16-18-36(26,4)31(28)17-19-37(29,30)5)42-34(35(39)40)21-25-10-15-32(38)33(20-25)41-6/h10-11,15,20-21,23-24,27-31,38H,7-9,12-14,16-19,22H2,1-6H3,(H,39,40)/b34-21+/t24-,27?,28+,29-,30+,31+,36+,37-/m1/s1. The highest BCUT2D eigenvalue weighted by molar-refractivity contribution is 5.90. The molecule has 0 aliphatic heterocycles. The van der Waals surface area contributed by atoms with E-state index in [-0.39, 0.29) is 23.0 Å². The Morgan fingerprint density at radius 1 is 1.07 bits per heavy atom. The third-order valence-electron chi connectivity index (χ3n) is 12.3. The normalized spacial score (nSPS) is 35.1. The molecule has 0 heterocycles. The van der Waals surface area contributed by atoms with Gasteiger partial charge in [-0.25, -0.2) is 4.79 Å². The Balaban J connectivity index is 1.27. The molecule has 8 atom stereocenters. The highest BCUT2D eigenvalue weighted by atomic mass is 16.5. The Kier molecular flexibility index (Phi) is 9.07. The highest BCUT2D eigenvalue weighted by Crippen LogP contribution is 2.67. The summed E-state index contributed by atoms with van der Waals surface area (Å²) in [6, 6.07) is 4.80. The lowest BCUT2D eigenvalue weighted by molar-refractivity contribution is -0.138. The maximum Gasteiger partial charge on any atom is 0.371 e. The molecular weight excluding hydrogens is 524 g/mol. The topological polar surface area (TPSA) is 76.0 Å². The van der Waals surface area contributed by atoms with Gasteiger partial charge in [0, 0.05) is 6.42 Å². The molecule has 5 heteroatoms. The van der Waals surface area contributed by atoms with Crippen molar-refractivity contribution in [3.63, 3.8) is 0 Å². The van der Waals surface area contributed by atoms with Crippen molar-refractivity contribution in [2.24, 2.45) is 46.3 Å². The Morgan fingerprint density at radius 3 is 2.57 bits per heavy atom. The van der Waals surface area contributed by atoms with Crippen molar-refractivity contribution in [2.75, 3.05) is 7.11 Å². The molecule has 42 heavy (non-hydrogen) atoms. The second-order valence-corrected chi connectivity index (χ2v) is 15.0. The smallest absolute Gasteiger partial charge is 0.371 e. The van der Waals surface area contributed by atoms with Crippen LogP contribution in [0.3, 0.4) is 0 Å². The second kappa shape index (κ2) is 12.3. The number of phenols is 1. The Bertz CT molecular complexity index is 1200. The van der Waals surface area contributed by atoms with Gasteiger partial charge in [0.05, 0.1) is 7.11 Å². The van der Waals surface area contributed by atoms with E-state index in [1.54, 1.807) is 12.1 Å². The zero-order chi connectivity index (χ0) is 30.2. The van der Waals surface area contributed by atoms with Gasteiger partial charge in [0.15, 0.2) is 11.5 Å². The van der Waals surface area contributed by atoms with Crippen LogP contribution in [-0.4, -0.2) is 29.4 Å². The molecule has 1 unspecified atom stereocenters. The predicted octanol–water partition coefficient (Wildman–Crippen LogP) is 9.25. The minimum atomic E-state index is -1.08. The van der Waals surface area contributed by atoms with Crippen molar-refractivity contribution >= 4 is 12.0 Å². The van der Waals surface area contributed by atoms with Gasteiger partial charge in [-0.15, -0.1) is 0 Å². The molecule has 2 N–H and O–H groups in total. The summed E-state index contributed by atoms with van der Waals surface area (Å²) >= 11 is 0. The van der Waals surface area contributed by atoms with Crippen molar-refractivity contribution in [3.05, 3.63) is 41.2 Å². The lowest BCUT2D eigenvalue weighted by Crippen LogP contribution is -2.51. The first kappa shape index (κ1) is 31.0. The fraction of sp³-hybridized carbons (Fsp3) is 0.703. The Hall–Kier alpha value is -2.43. The number of ether oxygens (including phenoxy) is 2. The predicted molar refractivity (Wildman–Crippen MR) is 168 cm³/mol. The molecule has 1 aromatic carbocycles. The zero-order valence-electron chi connectivity index (χ0n) is 26.8. The molecule has 5 rings (SSSR count). The minimum Gasteiger partial charge on any atom is -0.504 e. The molecule has 0 spiro atoms. The lowest BCUT2D eigenvalue weighted by Gasteiger charge is -2.58. The van der Waals surface area contributed by atoms with E-state index < -0.39 is 5.97 Å². The van der Waals surface area contributed by atoms with Gasteiger partial charge in [0.1, 0.15) is 6.10 Å². The maximum absolute atomic E-state index is 12.1. The average molecular weight is 579 g/mol. The van der Waals surface area contributed by atoms with Crippen LogP contribution in [0.4, 0.5) is 0 Å². The summed E-state index contributed by atoms with van der Waals surface area (Å²) in [5.74, 6) is 4.04. The van der Waals surface area contributed by atoms with Gasteiger partial charge in [0.2, 0.25) is 5.76 Å². The average Bonchev–Trinajstić information content (AvgIpc) is 3.30. The highest BCUT2D eigenvalue weighted by Gasteiger charge is 2.59. The largest absolute Gasteiger partial charge is 0.504 e. The van der Waals surface area contributed by atoms with Gasteiger partial charge in [-0.3, -0.25) is 0 Å². The third kappa shape index (κ3) is 5.86. The molecular formula is C37H54O5. The zero-order valence-corrected chi connectivity index (χ0v) is 26.8. The number of aromatic hydroxyl groups is 1. The third-order valence-corrected chi connectivity index (χ3v) is 12.3. The van der Waals surface area contributed by atoms with Crippen molar-refractivity contribution in [1.82, 2.24) is 0 Å². The van der Waals surface area contributed by atoms with Crippen LogP contribution in [0.25, 0.3) is 6.08 Å². The molecule has 3 saturated carbocycles. The van der Waals surface area contributed by atoms with Crippen LogP contribution in [-0.2, 0) is 9.53 Å². The lowest BCUT2D eigenvalue weighted by atomic mass is 9.47. The number of aliphatic carboxylic acids is 1. The summed E-state index contributed by atoms with van der Waals surface area (Å²) in [6.07, 6.45) is 17.5. The summed E-state index contributed by atoms with van der Waals surface area (Å²) in [6.45, 7) is 12.4. The van der Waals surface area contributed by atoms with Crippen molar-refractivity contribution in [1.29, 1.82) is 0 Å². The minimum absolute atomic E-state index is 0.0221. The van der Waals surface area contributed by atoms with Crippen LogP contribution in [0.1, 0.15) is 111 Å². The van der Waals surface area contributed by atoms with Gasteiger partial charge in [-0.2, -0.15) is 0 Å². The number of benzene rings is 1. The summed E-state index contributed by atoms with van der Waals surface area (Å²) in [4.78, 5) is 12.1. The van der Waals surface area contributed by atoms with Crippen molar-refractivity contribution in [2.45, 2.75) is 111 Å². The molecule has 232 valence electrons. The molecule has 0 amide bonds. The van der Waals surface area contributed by atoms with Gasteiger partial charge in [0.25, 0.3) is 0 Å². The van der Waals surface area contributed by atoms with Crippen molar-refractivity contribution < 1.29 is 24.5 Å². The maximum atomic E-state index is 12.1. The van der Waals surface area contributed by atoms with E-state index in [2.05, 4.69) is 40.7 Å². The Labute approximate surface area is 253 Å². The Morgan fingerprint density at radius 2 is 1.86 bits per heavy atom. The SMILES string of the molecule is COc1cc(/C=C(/OC2CC[C@@]3(C)C(=CC[C@H]4[C@@H]5CC[C@H]([C@H](C)CCCC(C)C)[C@@]5(C)CC[C@@H]43)C2)C(=O)O)ccc1O. The number of allylic oxidation sites excluding steroid dienone is 1. The van der Waals surface area contributed by atoms with Crippen LogP contribution in [0.2, 0.25) is 0 Å². The molecule has 1 aromatic rings. The first-order chi connectivity index (χ1) is 20.0. The quantitative estimate of drug-likeness (QED) is 0.164. The van der Waals surface area contributed by atoms with E-state index in [0.29, 0.717) is 16.7 Å². The van der Waals surface area contributed by atoms with Gasteiger partial charge < -0.3 is 19.7 Å². The molecule has 4 aliphatic carbocycles. The van der Waals surface area contributed by atoms with Crippen LogP contribution >= 0.6 is 0 Å². The monoisotopic (exact) mass is 578 g/mol. The van der Waals surface area contributed by atoms with E-state index in [4.69, 9.17) is 9.47 Å². The summed E-state index contributed by atoms with van der Waals surface area (Å²) in [5, 5.41) is 19.8. The summed E-state index contributed by atoms with van der Waals surface area (Å²) in [5.41, 5.74) is 2.80. The molecule has 0 aromatic heterocycles. The van der Waals surface area contributed by atoms with E-state index in [9.17, 15) is 15.0 Å². The molecule has 5 nitrogen and oxygen atoms in total. The van der Waals surface area contributed by atoms with E-state index in [1.165, 1.54) is 76.2 Å². The van der Waals surface area contributed by atoms with Gasteiger partial charge in [-0.05, 0) is 115 Å². The van der Waals surface area contributed by atoms with E-state index in [1.807, 2.05) is 0 Å². The number of hydrogen-bond acceptors (Lipinski definition) is 4. The number of carboxylic acids is 1. The summed E-state index contributed by atoms with van der Waals surface area (Å²) < 4.78 is 11.4. The number of carboxylic acid groups (broad SMARTS) is 1. The molecule has 0 radical (unpaired) electrons. The van der Waals surface area contributed by atoms with Gasteiger partial charge in [-0.1, -0.05) is 71.6 Å². The number of phenolic OH excluding ortho intramolecular Hbond substituents is 1. The molecule has 3 fully saturated rings. The fourth-order valence-electron chi connectivity index (χ4n) is 10.0. The van der Waals surface area contributed by atoms with E-state index in [0.717, 1.165) is 54.8 Å². The van der Waals surface area contributed by atoms with Crippen LogP contribution in [0.15, 0.2) is 35.6 Å². The van der Waals surface area contributed by atoms with E-state index >= 15 is 0 Å². The van der Waals surface area contributed by atoms with Crippen LogP contribution in [0, 0.1) is 46.3 Å².